The molecule has 4 aromatic rings. The molecule has 8 heteroatoms. The number of carbonyl (C=O) groups is 2. The zero-order valence-electron chi connectivity index (χ0n) is 27.4. The van der Waals surface area contributed by atoms with Crippen LogP contribution in [0.4, 0.5) is 0 Å². The maximum atomic E-state index is 11.9. The Balaban J connectivity index is 1.54. The van der Waals surface area contributed by atoms with E-state index in [9.17, 15) is 9.59 Å². The molecule has 250 valence electrons. The Bertz CT molecular complexity index is 1400. The van der Waals surface area contributed by atoms with Gasteiger partial charge in [-0.15, -0.1) is 45.3 Å². The van der Waals surface area contributed by atoms with E-state index in [1.165, 1.54) is 156 Å². The molecule has 0 fully saturated rings. The standard InChI is InChI=1S/C38H48Cl2O2S4/c1-3-5-7-9-11-13-15-17-19-27-25-33(45-35(27)29-21-23-31(43-29)37(39)41)34-26-28(20-18-16-14-12-10-8-6-4-2)36(46-34)30-22-24-32(44-30)38(40)42/h21-26H,3-20H2,1-2H3. The summed E-state index contributed by atoms with van der Waals surface area (Å²) in [7, 11) is 0. The van der Waals surface area contributed by atoms with E-state index in [-0.39, 0.29) is 0 Å². The first-order valence-electron chi connectivity index (χ1n) is 17.3. The van der Waals surface area contributed by atoms with Gasteiger partial charge in [0, 0.05) is 29.3 Å². The van der Waals surface area contributed by atoms with E-state index >= 15 is 0 Å². The van der Waals surface area contributed by atoms with Gasteiger partial charge in [0.2, 0.25) is 0 Å². The van der Waals surface area contributed by atoms with E-state index < -0.39 is 10.5 Å². The Morgan fingerprint density at radius 2 is 0.826 bits per heavy atom. The number of rotatable bonds is 23. The lowest BCUT2D eigenvalue weighted by molar-refractivity contribution is 0.107. The lowest BCUT2D eigenvalue weighted by atomic mass is 10.0. The highest BCUT2D eigenvalue weighted by atomic mass is 35.5. The summed E-state index contributed by atoms with van der Waals surface area (Å²) in [5.74, 6) is 0. The van der Waals surface area contributed by atoms with Crippen LogP contribution in [0.2, 0.25) is 0 Å². The summed E-state index contributed by atoms with van der Waals surface area (Å²) in [6.45, 7) is 4.53. The van der Waals surface area contributed by atoms with Gasteiger partial charge in [0.05, 0.1) is 9.75 Å². The number of unbranched alkanes of at least 4 members (excludes halogenated alkanes) is 14. The summed E-state index contributed by atoms with van der Waals surface area (Å²) in [5, 5.41) is -0.784. The molecule has 0 bridgehead atoms. The first-order chi connectivity index (χ1) is 22.4. The highest BCUT2D eigenvalue weighted by molar-refractivity contribution is 7.29. The van der Waals surface area contributed by atoms with Gasteiger partial charge >= 0.3 is 0 Å². The molecule has 0 saturated carbocycles. The molecular weight excluding hydrogens is 688 g/mol. The number of aryl methyl sites for hydroxylation is 2. The Labute approximate surface area is 302 Å². The smallest absolute Gasteiger partial charge is 0.262 e. The summed E-state index contributed by atoms with van der Waals surface area (Å²) in [5.41, 5.74) is 2.74. The Morgan fingerprint density at radius 3 is 1.15 bits per heavy atom. The minimum Gasteiger partial charge on any atom is -0.275 e. The second-order valence-electron chi connectivity index (χ2n) is 12.3. The van der Waals surface area contributed by atoms with Crippen LogP contribution < -0.4 is 0 Å². The van der Waals surface area contributed by atoms with E-state index in [1.807, 2.05) is 34.8 Å². The van der Waals surface area contributed by atoms with E-state index in [2.05, 4.69) is 38.1 Å². The lowest BCUT2D eigenvalue weighted by Crippen LogP contribution is -1.87. The molecule has 46 heavy (non-hydrogen) atoms. The quantitative estimate of drug-likeness (QED) is 0.0561. The van der Waals surface area contributed by atoms with Gasteiger partial charge in [0.15, 0.2) is 0 Å². The van der Waals surface area contributed by atoms with E-state index in [1.54, 1.807) is 0 Å². The zero-order chi connectivity index (χ0) is 32.7. The normalized spacial score (nSPS) is 11.5. The fourth-order valence-corrected chi connectivity index (χ4v) is 10.7. The average Bonchev–Trinajstić information content (AvgIpc) is 3.85. The molecule has 0 aromatic carbocycles. The van der Waals surface area contributed by atoms with Crippen molar-refractivity contribution in [1.82, 2.24) is 0 Å². The monoisotopic (exact) mass is 734 g/mol. The predicted molar refractivity (Wildman–Crippen MR) is 207 cm³/mol. The van der Waals surface area contributed by atoms with Gasteiger partial charge in [-0.25, -0.2) is 0 Å². The van der Waals surface area contributed by atoms with Gasteiger partial charge in [0.25, 0.3) is 10.5 Å². The van der Waals surface area contributed by atoms with Crippen molar-refractivity contribution in [3.05, 3.63) is 57.3 Å². The summed E-state index contributed by atoms with van der Waals surface area (Å²) in [4.78, 5) is 32.3. The highest BCUT2D eigenvalue weighted by Gasteiger charge is 2.20. The van der Waals surface area contributed by atoms with Crippen molar-refractivity contribution in [2.45, 2.75) is 129 Å². The number of carbonyl (C=O) groups excluding carboxylic acids is 2. The molecule has 0 unspecified atom stereocenters. The molecule has 2 nitrogen and oxygen atoms in total. The van der Waals surface area contributed by atoms with Crippen LogP contribution in [0.3, 0.4) is 0 Å². The number of hydrogen-bond donors (Lipinski definition) is 0. The fraction of sp³-hybridized carbons (Fsp3) is 0.526. The lowest BCUT2D eigenvalue weighted by Gasteiger charge is -2.03. The Morgan fingerprint density at radius 1 is 0.478 bits per heavy atom. The van der Waals surface area contributed by atoms with E-state index in [0.29, 0.717) is 9.75 Å². The Kier molecular flexibility index (Phi) is 16.6. The third-order valence-electron chi connectivity index (χ3n) is 8.51. The van der Waals surface area contributed by atoms with Gasteiger partial charge in [-0.2, -0.15) is 0 Å². The molecule has 0 aliphatic carbocycles. The van der Waals surface area contributed by atoms with Gasteiger partial charge in [-0.3, -0.25) is 9.59 Å². The number of halogens is 2. The van der Waals surface area contributed by atoms with Crippen LogP contribution in [-0.2, 0) is 12.8 Å². The second-order valence-corrected chi connectivity index (χ2v) is 17.2. The maximum absolute atomic E-state index is 11.9. The number of thiophene rings is 4. The third kappa shape index (κ3) is 11.4. The molecule has 0 spiro atoms. The van der Waals surface area contributed by atoms with Crippen LogP contribution in [0.25, 0.3) is 29.3 Å². The largest absolute Gasteiger partial charge is 0.275 e. The SMILES string of the molecule is CCCCCCCCCCc1cc(-c2cc(CCCCCCCCCC)c(-c3ccc(C(=O)Cl)s3)s2)sc1-c1ccc(C(=O)Cl)s1. The molecule has 4 aromatic heterocycles. The van der Waals surface area contributed by atoms with Crippen LogP contribution in [0.5, 0.6) is 0 Å². The molecule has 0 saturated heterocycles. The minimum absolute atomic E-state index is 0.392. The van der Waals surface area contributed by atoms with Crippen LogP contribution in [0.1, 0.15) is 147 Å². The van der Waals surface area contributed by atoms with Crippen molar-refractivity contribution in [2.75, 3.05) is 0 Å². The van der Waals surface area contributed by atoms with Gasteiger partial charge in [-0.1, -0.05) is 104 Å². The summed E-state index contributed by atoms with van der Waals surface area (Å²) in [6.07, 6.45) is 22.8. The Hall–Kier alpha value is -1.28. The van der Waals surface area contributed by atoms with Crippen molar-refractivity contribution in [2.24, 2.45) is 0 Å². The van der Waals surface area contributed by atoms with Gasteiger partial charge in [0.1, 0.15) is 0 Å². The first-order valence-corrected chi connectivity index (χ1v) is 21.3. The molecule has 4 rings (SSSR count). The first kappa shape index (κ1) is 37.5. The maximum Gasteiger partial charge on any atom is 0.262 e. The van der Waals surface area contributed by atoms with Gasteiger partial charge < -0.3 is 0 Å². The van der Waals surface area contributed by atoms with E-state index in [4.69, 9.17) is 23.2 Å². The fourth-order valence-electron chi connectivity index (χ4n) is 5.92. The second kappa shape index (κ2) is 20.3. The number of hydrogen-bond acceptors (Lipinski definition) is 6. The molecule has 0 atom stereocenters. The van der Waals surface area contributed by atoms with Crippen molar-refractivity contribution < 1.29 is 9.59 Å². The van der Waals surface area contributed by atoms with Crippen molar-refractivity contribution in [1.29, 1.82) is 0 Å². The summed E-state index contributed by atoms with van der Waals surface area (Å²) >= 11 is 18.3. The van der Waals surface area contributed by atoms with Crippen LogP contribution >= 0.6 is 68.5 Å². The molecule has 0 aliphatic heterocycles. The predicted octanol–water partition coefficient (Wildman–Crippen LogP) is 15.1. The van der Waals surface area contributed by atoms with Crippen LogP contribution in [0.15, 0.2) is 36.4 Å². The average molecular weight is 736 g/mol. The molecule has 0 amide bonds. The highest BCUT2D eigenvalue weighted by Crippen LogP contribution is 2.47. The van der Waals surface area contributed by atoms with Crippen LogP contribution in [0, 0.1) is 0 Å². The van der Waals surface area contributed by atoms with E-state index in [0.717, 1.165) is 22.6 Å². The molecular formula is C38H48Cl2O2S4. The van der Waals surface area contributed by atoms with Crippen molar-refractivity contribution in [3.8, 4) is 29.3 Å². The molecule has 4 heterocycles. The molecule has 0 radical (unpaired) electrons. The van der Waals surface area contributed by atoms with Crippen molar-refractivity contribution >= 4 is 79.0 Å². The molecule has 0 N–H and O–H groups in total. The van der Waals surface area contributed by atoms with Gasteiger partial charge in [-0.05, 0) is 96.4 Å². The van der Waals surface area contributed by atoms with Crippen molar-refractivity contribution in [3.63, 3.8) is 0 Å². The zero-order valence-corrected chi connectivity index (χ0v) is 32.2. The molecule has 0 aliphatic rings. The van der Waals surface area contributed by atoms with Crippen LogP contribution in [-0.4, -0.2) is 10.5 Å². The minimum atomic E-state index is -0.392. The summed E-state index contributed by atoms with van der Waals surface area (Å²) < 4.78 is 0. The topological polar surface area (TPSA) is 34.1 Å². The third-order valence-corrected chi connectivity index (χ3v) is 14.2. The summed E-state index contributed by atoms with van der Waals surface area (Å²) in [6, 6.07) is 12.6.